The van der Waals surface area contributed by atoms with E-state index in [2.05, 4.69) is 15.0 Å². The zero-order chi connectivity index (χ0) is 18.5. The molecule has 142 valence electrons. The van der Waals surface area contributed by atoms with Crippen molar-refractivity contribution in [1.82, 2.24) is 20.0 Å². The van der Waals surface area contributed by atoms with Crippen molar-refractivity contribution in [1.29, 1.82) is 0 Å². The Bertz CT molecular complexity index is 943. The zero-order valence-electron chi connectivity index (χ0n) is 15.4. The number of nitrogens with one attached hydrogen (secondary N) is 1. The van der Waals surface area contributed by atoms with Crippen molar-refractivity contribution >= 4 is 11.9 Å². The summed E-state index contributed by atoms with van der Waals surface area (Å²) in [6.45, 7) is 4.93. The molecule has 2 aromatic heterocycles. The molecule has 4 heterocycles. The Hall–Kier alpha value is -2.64. The number of aromatic nitrogens is 3. The van der Waals surface area contributed by atoms with Gasteiger partial charge in [-0.2, -0.15) is 0 Å². The summed E-state index contributed by atoms with van der Waals surface area (Å²) >= 11 is 0. The van der Waals surface area contributed by atoms with Crippen LogP contribution in [0.4, 0.5) is 5.95 Å². The van der Waals surface area contributed by atoms with Crippen LogP contribution < -0.4 is 10.5 Å². The molecule has 5 rings (SSSR count). The van der Waals surface area contributed by atoms with Gasteiger partial charge in [0.2, 0.25) is 11.7 Å². The molecule has 27 heavy (non-hydrogen) atoms. The number of amides is 1. The van der Waals surface area contributed by atoms with E-state index < -0.39 is 0 Å². The van der Waals surface area contributed by atoms with E-state index in [4.69, 9.17) is 9.51 Å². The standard InChI is InChI=1S/C19H23N5O3/c1-11-8-15(27-22-11)18(26)24-9-12-4-5-13-16(14(12)10-24)20-19(21-17(13)25)23-6-2-3-7-23/h8,12,14H,2-7,9-10H2,1H3,(H,20,21,25)/t12-,14+/m1/s1. The van der Waals surface area contributed by atoms with Gasteiger partial charge in [-0.15, -0.1) is 0 Å². The number of carbonyl (C=O) groups is 1. The summed E-state index contributed by atoms with van der Waals surface area (Å²) in [5.74, 6) is 1.29. The van der Waals surface area contributed by atoms with Crippen molar-refractivity contribution in [2.45, 2.75) is 38.5 Å². The van der Waals surface area contributed by atoms with E-state index in [-0.39, 0.29) is 23.1 Å². The minimum atomic E-state index is -0.129. The second kappa shape index (κ2) is 6.21. The molecule has 0 aromatic carbocycles. The van der Waals surface area contributed by atoms with Crippen molar-refractivity contribution in [2.24, 2.45) is 5.92 Å². The summed E-state index contributed by atoms with van der Waals surface area (Å²) in [6, 6.07) is 1.67. The van der Waals surface area contributed by atoms with Gasteiger partial charge in [0.15, 0.2) is 0 Å². The van der Waals surface area contributed by atoms with Gasteiger partial charge in [-0.05, 0) is 38.5 Å². The van der Waals surface area contributed by atoms with E-state index in [0.29, 0.717) is 30.6 Å². The Morgan fingerprint density at radius 2 is 2.11 bits per heavy atom. The van der Waals surface area contributed by atoms with Crippen molar-refractivity contribution < 1.29 is 9.32 Å². The number of hydrogen-bond acceptors (Lipinski definition) is 6. The minimum absolute atomic E-state index is 0.0176. The lowest BCUT2D eigenvalue weighted by molar-refractivity contribution is 0.0744. The molecule has 1 amide bonds. The van der Waals surface area contributed by atoms with E-state index in [0.717, 1.165) is 50.0 Å². The number of nitrogens with zero attached hydrogens (tertiary/aromatic N) is 4. The topological polar surface area (TPSA) is 95.3 Å². The number of likely N-dealkylation sites (tertiary alicyclic amines) is 1. The highest BCUT2D eigenvalue weighted by molar-refractivity contribution is 5.91. The highest BCUT2D eigenvalue weighted by atomic mass is 16.5. The van der Waals surface area contributed by atoms with Crippen molar-refractivity contribution in [3.05, 3.63) is 39.1 Å². The van der Waals surface area contributed by atoms with Crippen molar-refractivity contribution in [3.63, 3.8) is 0 Å². The molecule has 2 aromatic rings. The average molecular weight is 369 g/mol. The quantitative estimate of drug-likeness (QED) is 0.861. The van der Waals surface area contributed by atoms with Crippen LogP contribution in [-0.4, -0.2) is 52.1 Å². The van der Waals surface area contributed by atoms with Crippen LogP contribution in [-0.2, 0) is 6.42 Å². The first-order chi connectivity index (χ1) is 13.1. The van der Waals surface area contributed by atoms with Gasteiger partial charge in [0.1, 0.15) is 0 Å². The third-order valence-electron chi connectivity index (χ3n) is 6.12. The molecule has 0 radical (unpaired) electrons. The average Bonchev–Trinajstić information content (AvgIpc) is 3.41. The first-order valence-corrected chi connectivity index (χ1v) is 9.71. The maximum atomic E-state index is 12.8. The van der Waals surface area contributed by atoms with E-state index in [9.17, 15) is 9.59 Å². The predicted octanol–water partition coefficient (Wildman–Crippen LogP) is 1.47. The summed E-state index contributed by atoms with van der Waals surface area (Å²) in [5, 5.41) is 3.82. The van der Waals surface area contributed by atoms with E-state index in [1.807, 2.05) is 4.90 Å². The first kappa shape index (κ1) is 16.5. The van der Waals surface area contributed by atoms with Gasteiger partial charge in [0.05, 0.1) is 11.4 Å². The first-order valence-electron chi connectivity index (χ1n) is 9.71. The number of anilines is 1. The summed E-state index contributed by atoms with van der Waals surface area (Å²) in [7, 11) is 0. The highest BCUT2D eigenvalue weighted by Gasteiger charge is 2.42. The van der Waals surface area contributed by atoms with Crippen LogP contribution >= 0.6 is 0 Å². The molecule has 8 nitrogen and oxygen atoms in total. The molecule has 1 aliphatic carbocycles. The summed E-state index contributed by atoms with van der Waals surface area (Å²) < 4.78 is 5.15. The minimum Gasteiger partial charge on any atom is -0.351 e. The lowest BCUT2D eigenvalue weighted by Gasteiger charge is -2.27. The smallest absolute Gasteiger partial charge is 0.292 e. The van der Waals surface area contributed by atoms with Crippen LogP contribution in [0, 0.1) is 12.8 Å². The summed E-state index contributed by atoms with van der Waals surface area (Å²) in [4.78, 5) is 37.2. The highest BCUT2D eigenvalue weighted by Crippen LogP contribution is 2.40. The van der Waals surface area contributed by atoms with E-state index >= 15 is 0 Å². The number of aryl methyl sites for hydroxylation is 1. The fourth-order valence-electron chi connectivity index (χ4n) is 4.72. The Labute approximate surface area is 156 Å². The normalized spacial score (nSPS) is 24.2. The van der Waals surface area contributed by atoms with Gasteiger partial charge in [-0.3, -0.25) is 14.6 Å². The Kier molecular flexibility index (Phi) is 3.80. The molecule has 0 bridgehead atoms. The fourth-order valence-corrected chi connectivity index (χ4v) is 4.72. The number of carbonyl (C=O) groups excluding carboxylic acids is 1. The lowest BCUT2D eigenvalue weighted by Crippen LogP contribution is -2.31. The van der Waals surface area contributed by atoms with Gasteiger partial charge >= 0.3 is 0 Å². The molecule has 2 aliphatic heterocycles. The van der Waals surface area contributed by atoms with Crippen LogP contribution in [0.15, 0.2) is 15.4 Å². The second-order valence-corrected chi connectivity index (χ2v) is 7.90. The molecule has 1 N–H and O–H groups in total. The number of hydrogen-bond donors (Lipinski definition) is 1. The largest absolute Gasteiger partial charge is 0.351 e. The van der Waals surface area contributed by atoms with Gasteiger partial charge in [-0.25, -0.2) is 4.98 Å². The van der Waals surface area contributed by atoms with Crippen molar-refractivity contribution in [2.75, 3.05) is 31.1 Å². The molecular formula is C19H23N5O3. The van der Waals surface area contributed by atoms with Crippen LogP contribution in [0.1, 0.15) is 52.7 Å². The van der Waals surface area contributed by atoms with Crippen LogP contribution in [0.2, 0.25) is 0 Å². The van der Waals surface area contributed by atoms with Crippen molar-refractivity contribution in [3.8, 4) is 0 Å². The second-order valence-electron chi connectivity index (χ2n) is 7.90. The third-order valence-corrected chi connectivity index (χ3v) is 6.12. The fraction of sp³-hybridized carbons (Fsp3) is 0.579. The maximum absolute atomic E-state index is 12.8. The predicted molar refractivity (Wildman–Crippen MR) is 98.0 cm³/mol. The Balaban J connectivity index is 1.45. The monoisotopic (exact) mass is 369 g/mol. The zero-order valence-corrected chi connectivity index (χ0v) is 15.4. The van der Waals surface area contributed by atoms with Gasteiger partial charge in [0, 0.05) is 43.7 Å². The number of aromatic amines is 1. The molecule has 0 saturated carbocycles. The third kappa shape index (κ3) is 2.74. The molecular weight excluding hydrogens is 346 g/mol. The van der Waals surface area contributed by atoms with E-state index in [1.54, 1.807) is 13.0 Å². The molecule has 0 unspecified atom stereocenters. The molecule has 8 heteroatoms. The lowest BCUT2D eigenvalue weighted by atomic mass is 9.80. The van der Waals surface area contributed by atoms with Crippen LogP contribution in [0.25, 0.3) is 0 Å². The number of rotatable bonds is 2. The molecule has 0 spiro atoms. The molecule has 2 atom stereocenters. The van der Waals surface area contributed by atoms with Crippen LogP contribution in [0.5, 0.6) is 0 Å². The van der Waals surface area contributed by atoms with Gasteiger partial charge in [0.25, 0.3) is 11.5 Å². The maximum Gasteiger partial charge on any atom is 0.292 e. The Morgan fingerprint density at radius 1 is 1.30 bits per heavy atom. The van der Waals surface area contributed by atoms with Gasteiger partial charge < -0.3 is 14.3 Å². The summed E-state index contributed by atoms with van der Waals surface area (Å²) in [5.41, 5.74) is 2.37. The van der Waals surface area contributed by atoms with Crippen LogP contribution in [0.3, 0.4) is 0 Å². The SMILES string of the molecule is Cc1cc(C(=O)N2C[C@H]3CCc4c(nc(N5CCCC5)[nH]c4=O)[C@H]3C2)on1. The Morgan fingerprint density at radius 3 is 2.85 bits per heavy atom. The molecule has 3 aliphatic rings. The molecule has 2 fully saturated rings. The molecule has 2 saturated heterocycles. The van der Waals surface area contributed by atoms with E-state index in [1.165, 1.54) is 0 Å². The number of H-pyrrole nitrogens is 1. The number of fused-ring (bicyclic) bond motifs is 3. The van der Waals surface area contributed by atoms with Gasteiger partial charge in [-0.1, -0.05) is 5.16 Å². The summed E-state index contributed by atoms with van der Waals surface area (Å²) in [6.07, 6.45) is 3.89.